The van der Waals surface area contributed by atoms with Gasteiger partial charge in [-0.2, -0.15) is 0 Å². The molecule has 1 N–H and O–H groups in total. The molecule has 1 aromatic carbocycles. The molecule has 14 heavy (non-hydrogen) atoms. The SMILES string of the molecule is O=C1C[C@@H](c2cccc(Br)c2)C(=O)N1. The Balaban J connectivity index is 2.31. The van der Waals surface area contributed by atoms with Crippen molar-refractivity contribution < 1.29 is 9.59 Å². The maximum atomic E-state index is 11.3. The summed E-state index contributed by atoms with van der Waals surface area (Å²) in [6.45, 7) is 0. The third kappa shape index (κ3) is 1.70. The molecular formula is C10H8BrNO2. The first-order valence-corrected chi connectivity index (χ1v) is 5.05. The van der Waals surface area contributed by atoms with Crippen LogP contribution in [-0.2, 0) is 9.59 Å². The predicted octanol–water partition coefficient (Wildman–Crippen LogP) is 1.58. The first kappa shape index (κ1) is 9.40. The second-order valence-electron chi connectivity index (χ2n) is 3.22. The second-order valence-corrected chi connectivity index (χ2v) is 4.14. The third-order valence-corrected chi connectivity index (χ3v) is 2.71. The van der Waals surface area contributed by atoms with E-state index in [0.29, 0.717) is 0 Å². The number of benzene rings is 1. The van der Waals surface area contributed by atoms with Crippen LogP contribution in [0.2, 0.25) is 0 Å². The van der Waals surface area contributed by atoms with Gasteiger partial charge in [-0.05, 0) is 17.7 Å². The van der Waals surface area contributed by atoms with Crippen molar-refractivity contribution in [2.45, 2.75) is 12.3 Å². The zero-order valence-corrected chi connectivity index (χ0v) is 8.87. The van der Waals surface area contributed by atoms with Crippen molar-refractivity contribution >= 4 is 27.7 Å². The lowest BCUT2D eigenvalue weighted by molar-refractivity contribution is -0.125. The molecule has 2 rings (SSSR count). The topological polar surface area (TPSA) is 46.2 Å². The van der Waals surface area contributed by atoms with Crippen molar-refractivity contribution in [3.8, 4) is 0 Å². The fourth-order valence-corrected chi connectivity index (χ4v) is 1.96. The summed E-state index contributed by atoms with van der Waals surface area (Å²) >= 11 is 3.33. The summed E-state index contributed by atoms with van der Waals surface area (Å²) in [5.74, 6) is -0.715. The van der Waals surface area contributed by atoms with Crippen LogP contribution in [0.5, 0.6) is 0 Å². The van der Waals surface area contributed by atoms with Crippen LogP contribution in [0, 0.1) is 0 Å². The molecule has 0 saturated carbocycles. The van der Waals surface area contributed by atoms with Gasteiger partial charge < -0.3 is 0 Å². The van der Waals surface area contributed by atoms with Gasteiger partial charge in [-0.15, -0.1) is 0 Å². The Hall–Kier alpha value is -1.16. The second kappa shape index (κ2) is 3.53. The number of hydrogen-bond acceptors (Lipinski definition) is 2. The highest BCUT2D eigenvalue weighted by atomic mass is 79.9. The van der Waals surface area contributed by atoms with Crippen molar-refractivity contribution in [1.82, 2.24) is 5.32 Å². The molecule has 0 aliphatic carbocycles. The maximum absolute atomic E-state index is 11.3. The minimum absolute atomic E-state index is 0.194. The number of rotatable bonds is 1. The van der Waals surface area contributed by atoms with Gasteiger partial charge in [0, 0.05) is 10.9 Å². The Morgan fingerprint density at radius 1 is 1.36 bits per heavy atom. The number of amides is 2. The zero-order chi connectivity index (χ0) is 10.1. The molecule has 0 radical (unpaired) electrons. The molecule has 1 heterocycles. The van der Waals surface area contributed by atoms with Gasteiger partial charge in [0.1, 0.15) is 0 Å². The van der Waals surface area contributed by atoms with Crippen molar-refractivity contribution in [2.75, 3.05) is 0 Å². The number of imide groups is 1. The minimum Gasteiger partial charge on any atom is -0.296 e. The molecule has 0 unspecified atom stereocenters. The molecule has 3 nitrogen and oxygen atoms in total. The average Bonchev–Trinajstić information content (AvgIpc) is 2.45. The normalized spacial score (nSPS) is 21.1. The standard InChI is InChI=1S/C10H8BrNO2/c11-7-3-1-2-6(4-7)8-5-9(13)12-10(8)14/h1-4,8H,5H2,(H,12,13,14)/t8-/m0/s1. The molecule has 1 saturated heterocycles. The first-order valence-electron chi connectivity index (χ1n) is 4.26. The molecule has 1 atom stereocenters. The smallest absolute Gasteiger partial charge is 0.234 e. The largest absolute Gasteiger partial charge is 0.296 e. The lowest BCUT2D eigenvalue weighted by atomic mass is 9.98. The van der Waals surface area contributed by atoms with Crippen LogP contribution in [0.3, 0.4) is 0 Å². The highest BCUT2D eigenvalue weighted by molar-refractivity contribution is 9.10. The first-order chi connectivity index (χ1) is 6.66. The summed E-state index contributed by atoms with van der Waals surface area (Å²) in [6.07, 6.45) is 0.259. The fraction of sp³-hybridized carbons (Fsp3) is 0.200. The number of nitrogens with one attached hydrogen (secondary N) is 1. The van der Waals surface area contributed by atoms with E-state index >= 15 is 0 Å². The van der Waals surface area contributed by atoms with Gasteiger partial charge >= 0.3 is 0 Å². The van der Waals surface area contributed by atoms with Crippen molar-refractivity contribution in [2.24, 2.45) is 0 Å². The highest BCUT2D eigenvalue weighted by Crippen LogP contribution is 2.26. The van der Waals surface area contributed by atoms with Crippen LogP contribution < -0.4 is 5.32 Å². The van der Waals surface area contributed by atoms with E-state index in [1.54, 1.807) is 0 Å². The molecule has 0 bridgehead atoms. The molecule has 4 heteroatoms. The van der Waals surface area contributed by atoms with E-state index in [2.05, 4.69) is 21.2 Å². The molecular weight excluding hydrogens is 246 g/mol. The van der Waals surface area contributed by atoms with E-state index in [1.165, 1.54) is 0 Å². The molecule has 1 aromatic rings. The van der Waals surface area contributed by atoms with Crippen LogP contribution in [0.4, 0.5) is 0 Å². The van der Waals surface area contributed by atoms with E-state index < -0.39 is 0 Å². The van der Waals surface area contributed by atoms with Crippen LogP contribution in [-0.4, -0.2) is 11.8 Å². The lowest BCUT2D eigenvalue weighted by Gasteiger charge is -2.05. The van der Waals surface area contributed by atoms with Crippen molar-refractivity contribution in [1.29, 1.82) is 0 Å². The molecule has 2 amide bonds. The van der Waals surface area contributed by atoms with Gasteiger partial charge in [0.25, 0.3) is 0 Å². The summed E-state index contributed by atoms with van der Waals surface area (Å²) in [4.78, 5) is 22.3. The predicted molar refractivity (Wildman–Crippen MR) is 54.6 cm³/mol. The molecule has 72 valence electrons. The van der Waals surface area contributed by atoms with Gasteiger partial charge in [0.05, 0.1) is 5.92 Å². The Morgan fingerprint density at radius 3 is 2.71 bits per heavy atom. The summed E-state index contributed by atoms with van der Waals surface area (Å²) in [5.41, 5.74) is 0.878. The van der Waals surface area contributed by atoms with Gasteiger partial charge in [-0.1, -0.05) is 28.1 Å². The number of carbonyl (C=O) groups is 2. The van der Waals surface area contributed by atoms with Crippen LogP contribution in [0.15, 0.2) is 28.7 Å². The Labute approximate surface area is 89.6 Å². The minimum atomic E-state index is -0.319. The van der Waals surface area contributed by atoms with Gasteiger partial charge in [0.15, 0.2) is 0 Å². The van der Waals surface area contributed by atoms with E-state index in [1.807, 2.05) is 24.3 Å². The zero-order valence-electron chi connectivity index (χ0n) is 7.29. The summed E-state index contributed by atoms with van der Waals surface area (Å²) in [5, 5.41) is 2.29. The third-order valence-electron chi connectivity index (χ3n) is 2.22. The summed E-state index contributed by atoms with van der Waals surface area (Å²) < 4.78 is 0.919. The number of halogens is 1. The summed E-state index contributed by atoms with van der Waals surface area (Å²) in [7, 11) is 0. The number of carbonyl (C=O) groups excluding carboxylic acids is 2. The van der Waals surface area contributed by atoms with Gasteiger partial charge in [-0.25, -0.2) is 0 Å². The molecule has 1 fully saturated rings. The Bertz CT molecular complexity index is 403. The quantitative estimate of drug-likeness (QED) is 0.773. The summed E-state index contributed by atoms with van der Waals surface area (Å²) in [6, 6.07) is 7.46. The van der Waals surface area contributed by atoms with Crippen LogP contribution >= 0.6 is 15.9 Å². The average molecular weight is 254 g/mol. The van der Waals surface area contributed by atoms with E-state index in [0.717, 1.165) is 10.0 Å². The molecule has 1 aliphatic heterocycles. The van der Waals surface area contributed by atoms with E-state index in [-0.39, 0.29) is 24.2 Å². The molecule has 1 aliphatic rings. The van der Waals surface area contributed by atoms with Crippen molar-refractivity contribution in [3.05, 3.63) is 34.3 Å². The van der Waals surface area contributed by atoms with Crippen LogP contribution in [0.1, 0.15) is 17.9 Å². The van der Waals surface area contributed by atoms with E-state index in [9.17, 15) is 9.59 Å². The van der Waals surface area contributed by atoms with Crippen molar-refractivity contribution in [3.63, 3.8) is 0 Å². The van der Waals surface area contributed by atoms with Gasteiger partial charge in [-0.3, -0.25) is 14.9 Å². The number of hydrogen-bond donors (Lipinski definition) is 1. The molecule has 0 aromatic heterocycles. The van der Waals surface area contributed by atoms with E-state index in [4.69, 9.17) is 0 Å². The highest BCUT2D eigenvalue weighted by Gasteiger charge is 2.31. The fourth-order valence-electron chi connectivity index (χ4n) is 1.55. The van der Waals surface area contributed by atoms with Crippen LogP contribution in [0.25, 0.3) is 0 Å². The monoisotopic (exact) mass is 253 g/mol. The molecule has 0 spiro atoms. The lowest BCUT2D eigenvalue weighted by Crippen LogP contribution is -2.21. The van der Waals surface area contributed by atoms with Gasteiger partial charge in [0.2, 0.25) is 11.8 Å². The Morgan fingerprint density at radius 2 is 2.14 bits per heavy atom. The maximum Gasteiger partial charge on any atom is 0.234 e. The Kier molecular flexibility index (Phi) is 2.37.